The van der Waals surface area contributed by atoms with Gasteiger partial charge in [0.05, 0.1) is 5.92 Å². The van der Waals surface area contributed by atoms with Crippen LogP contribution >= 0.6 is 0 Å². The molecule has 0 heterocycles. The smallest absolute Gasteiger partial charge is 0.308 e. The molecule has 6 heteroatoms. The number of amides is 2. The quantitative estimate of drug-likeness (QED) is 0.625. The molecule has 0 aromatic heterocycles. The summed E-state index contributed by atoms with van der Waals surface area (Å²) in [5, 5.41) is 15.1. The van der Waals surface area contributed by atoms with Gasteiger partial charge < -0.3 is 15.7 Å². The summed E-state index contributed by atoms with van der Waals surface area (Å²) in [6, 6.07) is 0.184. The van der Waals surface area contributed by atoms with E-state index < -0.39 is 11.9 Å². The molecule has 2 amide bonds. The molecular weight excluding hydrogens is 320 g/mol. The first-order valence-electron chi connectivity index (χ1n) is 9.82. The summed E-state index contributed by atoms with van der Waals surface area (Å²) in [6.45, 7) is 2.15. The number of carboxylic acid groups (broad SMARTS) is 1. The number of carboxylic acids is 1. The van der Waals surface area contributed by atoms with E-state index in [9.17, 15) is 14.4 Å². The molecule has 1 unspecified atom stereocenters. The van der Waals surface area contributed by atoms with E-state index in [1.165, 1.54) is 0 Å². The Balaban J connectivity index is 1.69. The van der Waals surface area contributed by atoms with E-state index in [0.29, 0.717) is 6.42 Å². The van der Waals surface area contributed by atoms with Crippen LogP contribution in [0.3, 0.4) is 0 Å². The molecule has 0 aliphatic heterocycles. The first-order valence-corrected chi connectivity index (χ1v) is 9.82. The van der Waals surface area contributed by atoms with Gasteiger partial charge in [-0.25, -0.2) is 0 Å². The van der Waals surface area contributed by atoms with Crippen LogP contribution in [0.25, 0.3) is 0 Å². The van der Waals surface area contributed by atoms with E-state index in [1.54, 1.807) is 0 Å². The lowest BCUT2D eigenvalue weighted by molar-refractivity contribution is -0.142. The fourth-order valence-electron chi connectivity index (χ4n) is 4.04. The van der Waals surface area contributed by atoms with Gasteiger partial charge in [0.2, 0.25) is 11.8 Å². The molecule has 1 atom stereocenters. The van der Waals surface area contributed by atoms with Gasteiger partial charge in [0.25, 0.3) is 0 Å². The Labute approximate surface area is 150 Å². The van der Waals surface area contributed by atoms with Crippen molar-refractivity contribution in [1.29, 1.82) is 0 Å². The predicted octanol–water partition coefficient (Wildman–Crippen LogP) is 2.47. The highest BCUT2D eigenvalue weighted by molar-refractivity contribution is 5.80. The van der Waals surface area contributed by atoms with E-state index in [2.05, 4.69) is 10.6 Å². The summed E-state index contributed by atoms with van der Waals surface area (Å²) < 4.78 is 0. The maximum absolute atomic E-state index is 12.3. The van der Waals surface area contributed by atoms with Crippen molar-refractivity contribution in [3.05, 3.63) is 0 Å². The van der Waals surface area contributed by atoms with Crippen LogP contribution in [0.2, 0.25) is 0 Å². The van der Waals surface area contributed by atoms with Gasteiger partial charge in [-0.15, -0.1) is 0 Å². The number of rotatable bonds is 8. The SMILES string of the molecule is CCCC(CNC(=O)C1CCC(NC(=O)C2CCCC2)CC1)C(=O)O. The Morgan fingerprint density at radius 1 is 0.960 bits per heavy atom. The largest absolute Gasteiger partial charge is 0.481 e. The average molecular weight is 352 g/mol. The molecular formula is C19H32N2O4. The maximum atomic E-state index is 12.3. The number of nitrogens with one attached hydrogen (secondary N) is 2. The van der Waals surface area contributed by atoms with Crippen molar-refractivity contribution in [3.63, 3.8) is 0 Å². The molecule has 0 aromatic carbocycles. The van der Waals surface area contributed by atoms with Gasteiger partial charge in [-0.2, -0.15) is 0 Å². The van der Waals surface area contributed by atoms with Gasteiger partial charge in [-0.3, -0.25) is 14.4 Å². The third-order valence-electron chi connectivity index (χ3n) is 5.68. The molecule has 2 rings (SSSR count). The zero-order chi connectivity index (χ0) is 18.2. The summed E-state index contributed by atoms with van der Waals surface area (Å²) in [6.07, 6.45) is 8.86. The molecule has 2 aliphatic rings. The Morgan fingerprint density at radius 2 is 1.56 bits per heavy atom. The van der Waals surface area contributed by atoms with Crippen molar-refractivity contribution >= 4 is 17.8 Å². The second-order valence-corrected chi connectivity index (χ2v) is 7.61. The van der Waals surface area contributed by atoms with E-state index in [-0.39, 0.29) is 36.2 Å². The van der Waals surface area contributed by atoms with Gasteiger partial charge in [0.1, 0.15) is 0 Å². The van der Waals surface area contributed by atoms with Crippen molar-refractivity contribution in [1.82, 2.24) is 10.6 Å². The van der Waals surface area contributed by atoms with Gasteiger partial charge in [0, 0.05) is 24.4 Å². The topological polar surface area (TPSA) is 95.5 Å². The minimum atomic E-state index is -0.847. The van der Waals surface area contributed by atoms with Gasteiger partial charge in [-0.1, -0.05) is 26.2 Å². The molecule has 6 nitrogen and oxygen atoms in total. The molecule has 2 fully saturated rings. The maximum Gasteiger partial charge on any atom is 0.308 e. The average Bonchev–Trinajstić information content (AvgIpc) is 3.13. The van der Waals surface area contributed by atoms with Crippen LogP contribution in [-0.2, 0) is 14.4 Å². The fraction of sp³-hybridized carbons (Fsp3) is 0.842. The molecule has 2 aliphatic carbocycles. The normalized spacial score (nSPS) is 25.3. The first-order chi connectivity index (χ1) is 12.0. The van der Waals surface area contributed by atoms with E-state index in [0.717, 1.165) is 57.8 Å². The number of aliphatic carboxylic acids is 1. The highest BCUT2D eigenvalue weighted by Gasteiger charge is 2.30. The lowest BCUT2D eigenvalue weighted by Crippen LogP contribution is -2.43. The van der Waals surface area contributed by atoms with E-state index >= 15 is 0 Å². The molecule has 0 radical (unpaired) electrons. The first kappa shape index (κ1) is 19.7. The third kappa shape index (κ3) is 6.01. The van der Waals surface area contributed by atoms with Crippen LogP contribution in [-0.4, -0.2) is 35.5 Å². The summed E-state index contributed by atoms with van der Waals surface area (Å²) in [5.41, 5.74) is 0. The minimum absolute atomic E-state index is 0.0390. The summed E-state index contributed by atoms with van der Waals surface area (Å²) in [7, 11) is 0. The van der Waals surface area contributed by atoms with Gasteiger partial charge in [-0.05, 0) is 44.9 Å². The van der Waals surface area contributed by atoms with Crippen molar-refractivity contribution in [2.75, 3.05) is 6.54 Å². The molecule has 0 aromatic rings. The van der Waals surface area contributed by atoms with Crippen molar-refractivity contribution < 1.29 is 19.5 Å². The summed E-state index contributed by atoms with van der Waals surface area (Å²) in [5.74, 6) is -1.07. The molecule has 0 saturated heterocycles. The Bertz CT molecular complexity index is 466. The monoisotopic (exact) mass is 352 g/mol. The molecule has 3 N–H and O–H groups in total. The van der Waals surface area contributed by atoms with Gasteiger partial charge >= 0.3 is 5.97 Å². The number of hydrogen-bond acceptors (Lipinski definition) is 3. The molecule has 0 spiro atoms. The van der Waals surface area contributed by atoms with Crippen molar-refractivity contribution in [2.24, 2.45) is 17.8 Å². The van der Waals surface area contributed by atoms with Crippen molar-refractivity contribution in [2.45, 2.75) is 77.2 Å². The summed E-state index contributed by atoms with van der Waals surface area (Å²) >= 11 is 0. The van der Waals surface area contributed by atoms with Crippen LogP contribution in [0.1, 0.15) is 71.1 Å². The fourth-order valence-corrected chi connectivity index (χ4v) is 4.04. The van der Waals surface area contributed by atoms with Crippen LogP contribution in [0.15, 0.2) is 0 Å². The predicted molar refractivity (Wildman–Crippen MR) is 94.9 cm³/mol. The van der Waals surface area contributed by atoms with Crippen LogP contribution in [0.5, 0.6) is 0 Å². The van der Waals surface area contributed by atoms with E-state index in [4.69, 9.17) is 5.11 Å². The standard InChI is InChI=1S/C19H32N2O4/c1-2-5-15(19(24)25)12-20-17(22)14-8-10-16(11-9-14)21-18(23)13-6-3-4-7-13/h13-16H,2-12H2,1H3,(H,20,22)(H,21,23)(H,24,25). The molecule has 0 bridgehead atoms. The number of carbonyl (C=O) groups excluding carboxylic acids is 2. The third-order valence-corrected chi connectivity index (χ3v) is 5.68. The number of carbonyl (C=O) groups is 3. The van der Waals surface area contributed by atoms with E-state index in [1.807, 2.05) is 6.92 Å². The zero-order valence-corrected chi connectivity index (χ0v) is 15.3. The lowest BCUT2D eigenvalue weighted by atomic mass is 9.85. The van der Waals surface area contributed by atoms with Gasteiger partial charge in [0.15, 0.2) is 0 Å². The second-order valence-electron chi connectivity index (χ2n) is 7.61. The Hall–Kier alpha value is -1.59. The Kier molecular flexibility index (Phi) is 7.72. The van der Waals surface area contributed by atoms with Crippen LogP contribution in [0.4, 0.5) is 0 Å². The molecule has 2 saturated carbocycles. The van der Waals surface area contributed by atoms with Crippen LogP contribution in [0, 0.1) is 17.8 Å². The summed E-state index contributed by atoms with van der Waals surface area (Å²) in [4.78, 5) is 35.6. The second kappa shape index (κ2) is 9.78. The van der Waals surface area contributed by atoms with Crippen LogP contribution < -0.4 is 10.6 Å². The number of hydrogen-bond donors (Lipinski definition) is 3. The lowest BCUT2D eigenvalue weighted by Gasteiger charge is -2.29. The molecule has 142 valence electrons. The minimum Gasteiger partial charge on any atom is -0.481 e. The highest BCUT2D eigenvalue weighted by Crippen LogP contribution is 2.28. The Morgan fingerprint density at radius 3 is 2.12 bits per heavy atom. The van der Waals surface area contributed by atoms with Crippen molar-refractivity contribution in [3.8, 4) is 0 Å². The molecule has 25 heavy (non-hydrogen) atoms. The highest BCUT2D eigenvalue weighted by atomic mass is 16.4. The zero-order valence-electron chi connectivity index (χ0n) is 15.3.